The first kappa shape index (κ1) is 16.8. The average Bonchev–Trinajstić information content (AvgIpc) is 2.96. The van der Waals surface area contributed by atoms with Crippen molar-refractivity contribution in [3.05, 3.63) is 53.1 Å². The normalized spacial score (nSPS) is 15.3. The minimum Gasteiger partial charge on any atom is -0.496 e. The molecule has 0 spiro atoms. The highest BCUT2D eigenvalue weighted by Gasteiger charge is 2.37. The van der Waals surface area contributed by atoms with E-state index in [2.05, 4.69) is 0 Å². The SMILES string of the molecule is COc1ccccc1C(=O)C[C@H]1OC(=O)c2c1ccc(OC)c2OC. The molecule has 1 atom stereocenters. The van der Waals surface area contributed by atoms with Crippen molar-refractivity contribution >= 4 is 11.8 Å². The summed E-state index contributed by atoms with van der Waals surface area (Å²) in [6, 6.07) is 10.4. The lowest BCUT2D eigenvalue weighted by atomic mass is 9.97. The van der Waals surface area contributed by atoms with Gasteiger partial charge in [-0.2, -0.15) is 0 Å². The number of ether oxygens (including phenoxy) is 4. The smallest absolute Gasteiger partial charge is 0.343 e. The Morgan fingerprint density at radius 1 is 1.00 bits per heavy atom. The van der Waals surface area contributed by atoms with Crippen LogP contribution in [0.2, 0.25) is 0 Å². The summed E-state index contributed by atoms with van der Waals surface area (Å²) in [5, 5.41) is 0. The minimum atomic E-state index is -0.667. The molecule has 3 rings (SSSR count). The first-order valence-electron chi connectivity index (χ1n) is 7.72. The second-order valence-corrected chi connectivity index (χ2v) is 5.49. The number of methoxy groups -OCH3 is 3. The van der Waals surface area contributed by atoms with Gasteiger partial charge in [-0.3, -0.25) is 4.79 Å². The molecule has 0 N–H and O–H groups in total. The van der Waals surface area contributed by atoms with Gasteiger partial charge in [-0.1, -0.05) is 18.2 Å². The van der Waals surface area contributed by atoms with Gasteiger partial charge in [0.2, 0.25) is 0 Å². The van der Waals surface area contributed by atoms with E-state index in [9.17, 15) is 9.59 Å². The van der Waals surface area contributed by atoms with E-state index in [4.69, 9.17) is 18.9 Å². The van der Waals surface area contributed by atoms with Crippen molar-refractivity contribution in [2.45, 2.75) is 12.5 Å². The van der Waals surface area contributed by atoms with Gasteiger partial charge in [0.25, 0.3) is 0 Å². The van der Waals surface area contributed by atoms with Crippen LogP contribution in [0, 0.1) is 0 Å². The molecule has 0 saturated carbocycles. The van der Waals surface area contributed by atoms with E-state index < -0.39 is 12.1 Å². The Kier molecular flexibility index (Phi) is 4.61. The Hall–Kier alpha value is -3.02. The number of para-hydroxylation sites is 1. The summed E-state index contributed by atoms with van der Waals surface area (Å²) >= 11 is 0. The molecule has 0 amide bonds. The number of hydrogen-bond acceptors (Lipinski definition) is 6. The summed E-state index contributed by atoms with van der Waals surface area (Å²) in [6.45, 7) is 0. The molecular weight excluding hydrogens is 324 g/mol. The highest BCUT2D eigenvalue weighted by Crippen LogP contribution is 2.43. The van der Waals surface area contributed by atoms with Crippen molar-refractivity contribution in [1.82, 2.24) is 0 Å². The summed E-state index contributed by atoms with van der Waals surface area (Å²) in [7, 11) is 4.46. The van der Waals surface area contributed by atoms with Crippen molar-refractivity contribution in [2.24, 2.45) is 0 Å². The van der Waals surface area contributed by atoms with Crippen LogP contribution in [-0.2, 0) is 4.74 Å². The lowest BCUT2D eigenvalue weighted by Gasteiger charge is -2.13. The lowest BCUT2D eigenvalue weighted by molar-refractivity contribution is 0.0365. The molecule has 0 saturated heterocycles. The number of ketones is 1. The Morgan fingerprint density at radius 3 is 2.40 bits per heavy atom. The predicted molar refractivity (Wildman–Crippen MR) is 89.6 cm³/mol. The number of cyclic esters (lactones) is 1. The molecule has 25 heavy (non-hydrogen) atoms. The number of hydrogen-bond donors (Lipinski definition) is 0. The zero-order valence-corrected chi connectivity index (χ0v) is 14.2. The molecule has 1 aliphatic heterocycles. The maximum Gasteiger partial charge on any atom is 0.343 e. The quantitative estimate of drug-likeness (QED) is 0.593. The third-order valence-corrected chi connectivity index (χ3v) is 4.16. The molecule has 0 fully saturated rings. The Balaban J connectivity index is 1.92. The number of rotatable bonds is 6. The zero-order valence-electron chi connectivity index (χ0n) is 14.2. The number of Topliss-reactive ketones (excluding diaryl/α,β-unsaturated/α-hetero) is 1. The molecule has 0 radical (unpaired) electrons. The van der Waals surface area contributed by atoms with Gasteiger partial charge in [-0.15, -0.1) is 0 Å². The molecule has 6 heteroatoms. The van der Waals surface area contributed by atoms with E-state index in [1.165, 1.54) is 21.3 Å². The van der Waals surface area contributed by atoms with E-state index in [0.29, 0.717) is 33.9 Å². The van der Waals surface area contributed by atoms with Crippen LogP contribution in [0.1, 0.15) is 38.8 Å². The molecule has 1 aliphatic rings. The monoisotopic (exact) mass is 342 g/mol. The molecule has 6 nitrogen and oxygen atoms in total. The van der Waals surface area contributed by atoms with E-state index >= 15 is 0 Å². The van der Waals surface area contributed by atoms with E-state index in [1.807, 2.05) is 0 Å². The topological polar surface area (TPSA) is 71.1 Å². The Morgan fingerprint density at radius 2 is 1.72 bits per heavy atom. The van der Waals surface area contributed by atoms with Crippen molar-refractivity contribution in [1.29, 1.82) is 0 Å². The molecule has 0 aliphatic carbocycles. The maximum absolute atomic E-state index is 12.6. The Labute approximate surface area is 145 Å². The second-order valence-electron chi connectivity index (χ2n) is 5.49. The lowest BCUT2D eigenvalue weighted by Crippen LogP contribution is -2.09. The summed E-state index contributed by atoms with van der Waals surface area (Å²) < 4.78 is 21.1. The maximum atomic E-state index is 12.6. The molecular formula is C19H18O6. The van der Waals surface area contributed by atoms with Gasteiger partial charge >= 0.3 is 5.97 Å². The molecule has 1 heterocycles. The van der Waals surface area contributed by atoms with Crippen LogP contribution < -0.4 is 14.2 Å². The van der Waals surface area contributed by atoms with Gasteiger partial charge in [-0.25, -0.2) is 4.79 Å². The van der Waals surface area contributed by atoms with E-state index in [-0.39, 0.29) is 12.2 Å². The fourth-order valence-corrected chi connectivity index (χ4v) is 2.98. The first-order chi connectivity index (χ1) is 12.1. The van der Waals surface area contributed by atoms with Gasteiger partial charge in [-0.05, 0) is 18.2 Å². The molecule has 130 valence electrons. The van der Waals surface area contributed by atoms with Crippen LogP contribution in [0.25, 0.3) is 0 Å². The van der Waals surface area contributed by atoms with Gasteiger partial charge < -0.3 is 18.9 Å². The molecule has 0 unspecified atom stereocenters. The standard InChI is InChI=1S/C19H18O6/c1-22-14-7-5-4-6-11(14)13(20)10-16-12-8-9-15(23-2)18(24-3)17(12)19(21)25-16/h4-9,16H,10H2,1-3H3/t16-/m1/s1. The first-order valence-corrected chi connectivity index (χ1v) is 7.72. The third kappa shape index (κ3) is 2.91. The van der Waals surface area contributed by atoms with Crippen LogP contribution >= 0.6 is 0 Å². The fourth-order valence-electron chi connectivity index (χ4n) is 2.98. The van der Waals surface area contributed by atoms with Crippen LogP contribution in [0.4, 0.5) is 0 Å². The van der Waals surface area contributed by atoms with Gasteiger partial charge in [0, 0.05) is 5.56 Å². The summed E-state index contributed by atoms with van der Waals surface area (Å²) in [6.07, 6.45) is -0.645. The number of carbonyl (C=O) groups is 2. The number of esters is 1. The highest BCUT2D eigenvalue weighted by atomic mass is 16.6. The van der Waals surface area contributed by atoms with Crippen LogP contribution in [0.3, 0.4) is 0 Å². The zero-order chi connectivity index (χ0) is 18.0. The third-order valence-electron chi connectivity index (χ3n) is 4.16. The molecule has 0 bridgehead atoms. The number of benzene rings is 2. The fraction of sp³-hybridized carbons (Fsp3) is 0.263. The van der Waals surface area contributed by atoms with Crippen molar-refractivity contribution in [3.63, 3.8) is 0 Å². The summed E-state index contributed by atoms with van der Waals surface area (Å²) in [5.74, 6) is 0.554. The summed E-state index contributed by atoms with van der Waals surface area (Å²) in [5.41, 5.74) is 1.38. The Bertz CT molecular complexity index is 827. The summed E-state index contributed by atoms with van der Waals surface area (Å²) in [4.78, 5) is 24.9. The van der Waals surface area contributed by atoms with Crippen molar-refractivity contribution in [3.8, 4) is 17.2 Å². The van der Waals surface area contributed by atoms with Gasteiger partial charge in [0.05, 0.1) is 33.3 Å². The highest BCUT2D eigenvalue weighted by molar-refractivity contribution is 6.02. The number of fused-ring (bicyclic) bond motifs is 1. The van der Waals surface area contributed by atoms with Crippen LogP contribution in [-0.4, -0.2) is 33.1 Å². The van der Waals surface area contributed by atoms with Crippen molar-refractivity contribution < 1.29 is 28.5 Å². The van der Waals surface area contributed by atoms with Crippen LogP contribution in [0.5, 0.6) is 17.2 Å². The molecule has 2 aromatic carbocycles. The van der Waals surface area contributed by atoms with Crippen molar-refractivity contribution in [2.75, 3.05) is 21.3 Å². The second kappa shape index (κ2) is 6.84. The number of carbonyl (C=O) groups excluding carboxylic acids is 2. The van der Waals surface area contributed by atoms with Crippen LogP contribution in [0.15, 0.2) is 36.4 Å². The molecule has 0 aromatic heterocycles. The average molecular weight is 342 g/mol. The van der Waals surface area contributed by atoms with Gasteiger partial charge in [0.15, 0.2) is 17.3 Å². The van der Waals surface area contributed by atoms with Gasteiger partial charge in [0.1, 0.15) is 17.4 Å². The van der Waals surface area contributed by atoms with E-state index in [1.54, 1.807) is 36.4 Å². The largest absolute Gasteiger partial charge is 0.496 e. The predicted octanol–water partition coefficient (Wildman–Crippen LogP) is 3.20. The molecule has 2 aromatic rings. The van der Waals surface area contributed by atoms with E-state index in [0.717, 1.165) is 0 Å². The minimum absolute atomic E-state index is 0.0224.